The average molecular weight is 596 g/mol. The van der Waals surface area contributed by atoms with Gasteiger partial charge in [-0.25, -0.2) is 37.5 Å². The Bertz CT molecular complexity index is 1740. The molecule has 0 amide bonds. The molecule has 4 heterocycles. The highest BCUT2D eigenvalue weighted by Gasteiger charge is 2.29. The number of sulfonamides is 1. The van der Waals surface area contributed by atoms with Crippen LogP contribution in [0.25, 0.3) is 22.3 Å². The Balaban J connectivity index is 1.44. The van der Waals surface area contributed by atoms with Crippen molar-refractivity contribution in [1.82, 2.24) is 25.0 Å². The number of hydrogen-bond donors (Lipinski definition) is 1. The molecule has 3 aromatic heterocycles. The van der Waals surface area contributed by atoms with Crippen LogP contribution >= 0.6 is 0 Å². The summed E-state index contributed by atoms with van der Waals surface area (Å²) in [7, 11) is -2.98. The van der Waals surface area contributed by atoms with Crippen molar-refractivity contribution in [1.29, 1.82) is 0 Å². The van der Waals surface area contributed by atoms with E-state index in [2.05, 4.69) is 19.7 Å². The molecule has 1 aromatic carbocycles. The lowest BCUT2D eigenvalue weighted by Crippen LogP contribution is -2.48. The number of halogens is 1. The Morgan fingerprint density at radius 1 is 1.02 bits per heavy atom. The van der Waals surface area contributed by atoms with Crippen LogP contribution in [-0.2, 0) is 19.7 Å². The van der Waals surface area contributed by atoms with Crippen LogP contribution in [0.2, 0.25) is 0 Å². The van der Waals surface area contributed by atoms with Crippen molar-refractivity contribution in [3.8, 4) is 17.1 Å². The minimum absolute atomic E-state index is 0.155. The maximum absolute atomic E-state index is 14.2. The first-order chi connectivity index (χ1) is 20.0. The lowest BCUT2D eigenvalue weighted by molar-refractivity contribution is -0.201. The van der Waals surface area contributed by atoms with Crippen LogP contribution in [0.15, 0.2) is 59.9 Å². The first-order valence-electron chi connectivity index (χ1n) is 13.1. The minimum Gasteiger partial charge on any atom is -0.480 e. The highest BCUT2D eigenvalue weighted by Crippen LogP contribution is 2.31. The van der Waals surface area contributed by atoms with Crippen LogP contribution in [0, 0.1) is 11.2 Å². The summed E-state index contributed by atoms with van der Waals surface area (Å²) in [5, 5.41) is 1.65. The average Bonchev–Trinajstić information content (AvgIpc) is 2.97. The number of fused-ring (bicyclic) bond motifs is 1. The Kier molecular flexibility index (Phi) is 7.93. The highest BCUT2D eigenvalue weighted by atomic mass is 32.2. The molecule has 4 aromatic rings. The summed E-state index contributed by atoms with van der Waals surface area (Å²) >= 11 is 0. The second kappa shape index (κ2) is 11.4. The summed E-state index contributed by atoms with van der Waals surface area (Å²) in [5.74, 6) is -0.578. The number of carbonyl (C=O) groups is 1. The number of para-hydroxylation sites is 1. The number of benzene rings is 1. The molecule has 1 aliphatic rings. The molecule has 1 N–H and O–H groups in total. The quantitative estimate of drug-likeness (QED) is 0.335. The number of hydroxylamine groups is 2. The van der Waals surface area contributed by atoms with E-state index in [0.29, 0.717) is 54.3 Å². The molecule has 0 radical (unpaired) electrons. The molecule has 0 saturated carbocycles. The number of ether oxygens (including phenoxy) is 1. The van der Waals surface area contributed by atoms with Gasteiger partial charge in [0, 0.05) is 24.8 Å². The fourth-order valence-corrected chi connectivity index (χ4v) is 5.44. The zero-order valence-corrected chi connectivity index (χ0v) is 24.4. The van der Waals surface area contributed by atoms with Crippen molar-refractivity contribution in [3.63, 3.8) is 0 Å². The number of piperazine rings is 1. The van der Waals surface area contributed by atoms with Crippen molar-refractivity contribution in [2.75, 3.05) is 42.9 Å². The number of pyridine rings is 2. The molecular formula is C28H30FN7O5S. The number of anilines is 2. The summed E-state index contributed by atoms with van der Waals surface area (Å²) in [6, 6.07) is 10.3. The van der Waals surface area contributed by atoms with Crippen LogP contribution in [0.5, 0.6) is 5.88 Å². The van der Waals surface area contributed by atoms with Crippen LogP contribution in [0.1, 0.15) is 20.8 Å². The van der Waals surface area contributed by atoms with Gasteiger partial charge < -0.3 is 14.5 Å². The smallest absolute Gasteiger partial charge is 0.330 e. The third kappa shape index (κ3) is 6.09. The van der Waals surface area contributed by atoms with Gasteiger partial charge in [0.25, 0.3) is 10.0 Å². The molecule has 1 fully saturated rings. The van der Waals surface area contributed by atoms with Crippen molar-refractivity contribution in [2.45, 2.75) is 25.7 Å². The molecule has 220 valence electrons. The van der Waals surface area contributed by atoms with Gasteiger partial charge in [0.05, 0.1) is 42.5 Å². The zero-order chi connectivity index (χ0) is 30.1. The number of nitrogens with one attached hydrogen (secondary N) is 1. The van der Waals surface area contributed by atoms with Crippen LogP contribution in [-0.4, -0.2) is 72.7 Å². The van der Waals surface area contributed by atoms with E-state index in [4.69, 9.17) is 14.6 Å². The molecule has 1 aliphatic heterocycles. The van der Waals surface area contributed by atoms with E-state index in [1.807, 2.05) is 4.90 Å². The molecule has 0 unspecified atom stereocenters. The minimum atomic E-state index is -4.28. The second-order valence-electron chi connectivity index (χ2n) is 10.6. The first-order valence-corrected chi connectivity index (χ1v) is 14.6. The van der Waals surface area contributed by atoms with Gasteiger partial charge in [-0.1, -0.05) is 12.1 Å². The van der Waals surface area contributed by atoms with Gasteiger partial charge in [-0.05, 0) is 51.1 Å². The van der Waals surface area contributed by atoms with Crippen molar-refractivity contribution in [3.05, 3.63) is 60.8 Å². The number of rotatable bonds is 7. The number of hydrogen-bond acceptors (Lipinski definition) is 11. The van der Waals surface area contributed by atoms with E-state index in [9.17, 15) is 17.6 Å². The molecule has 12 nitrogen and oxygen atoms in total. The van der Waals surface area contributed by atoms with E-state index in [-0.39, 0.29) is 22.4 Å². The largest absolute Gasteiger partial charge is 0.480 e. The van der Waals surface area contributed by atoms with Gasteiger partial charge in [0.15, 0.2) is 5.82 Å². The molecule has 14 heteroatoms. The van der Waals surface area contributed by atoms with Crippen molar-refractivity contribution >= 4 is 38.5 Å². The highest BCUT2D eigenvalue weighted by molar-refractivity contribution is 7.92. The Labute approximate surface area is 242 Å². The molecule has 1 saturated heterocycles. The number of carbonyl (C=O) groups excluding carboxylic acids is 1. The summed E-state index contributed by atoms with van der Waals surface area (Å²) in [6.45, 7) is 7.43. The number of nitrogens with zero attached hydrogens (tertiary/aromatic N) is 6. The molecule has 0 spiro atoms. The van der Waals surface area contributed by atoms with E-state index < -0.39 is 21.3 Å². The molecule has 42 heavy (non-hydrogen) atoms. The fraction of sp³-hybridized carbons (Fsp3) is 0.321. The van der Waals surface area contributed by atoms with Gasteiger partial charge in [-0.3, -0.25) is 4.72 Å². The van der Waals surface area contributed by atoms with E-state index in [0.717, 1.165) is 6.07 Å². The van der Waals surface area contributed by atoms with Gasteiger partial charge >= 0.3 is 5.97 Å². The molecule has 0 aliphatic carbocycles. The third-order valence-electron chi connectivity index (χ3n) is 6.54. The first kappa shape index (κ1) is 29.1. The third-order valence-corrected chi connectivity index (χ3v) is 7.90. The number of aromatic nitrogens is 4. The lowest BCUT2D eigenvalue weighted by atomic mass is 9.98. The van der Waals surface area contributed by atoms with E-state index in [1.54, 1.807) is 38.0 Å². The lowest BCUT2D eigenvalue weighted by Gasteiger charge is -2.35. The van der Waals surface area contributed by atoms with Gasteiger partial charge in [-0.15, -0.1) is 5.06 Å². The summed E-state index contributed by atoms with van der Waals surface area (Å²) < 4.78 is 48.2. The normalized spacial score (nSPS) is 14.5. The predicted molar refractivity (Wildman–Crippen MR) is 154 cm³/mol. The van der Waals surface area contributed by atoms with Gasteiger partial charge in [0.1, 0.15) is 22.6 Å². The van der Waals surface area contributed by atoms with Gasteiger partial charge in [-0.2, -0.15) is 0 Å². The standard InChI is InChI=1S/C28H30FN7O5S/c1-28(2,3)27(37)41-36-13-11-35(12-14-36)25-24-22(31-17-32-25)10-9-20(33-24)18-15-23(26(40-4)30-16-18)42(38,39)34-21-8-6-5-7-19(21)29/h5-10,15-17,34H,11-14H2,1-4H3. The summed E-state index contributed by atoms with van der Waals surface area (Å²) in [4.78, 5) is 37.3. The van der Waals surface area contributed by atoms with Gasteiger partial charge in [0.2, 0.25) is 5.88 Å². The SMILES string of the molecule is COc1ncc(-c2ccc3ncnc(N4CCN(OC(=O)C(C)(C)C)CC4)c3n2)cc1S(=O)(=O)Nc1ccccc1F. The Hall–Kier alpha value is -4.43. The molecule has 0 atom stereocenters. The summed E-state index contributed by atoms with van der Waals surface area (Å²) in [5.41, 5.74) is 1.11. The maximum atomic E-state index is 14.2. The van der Waals surface area contributed by atoms with Crippen LogP contribution < -0.4 is 14.4 Å². The monoisotopic (exact) mass is 595 g/mol. The van der Waals surface area contributed by atoms with E-state index >= 15 is 0 Å². The Morgan fingerprint density at radius 2 is 1.76 bits per heavy atom. The van der Waals surface area contributed by atoms with Crippen molar-refractivity contribution in [2.24, 2.45) is 5.41 Å². The topological polar surface area (TPSA) is 140 Å². The van der Waals surface area contributed by atoms with Crippen LogP contribution in [0.3, 0.4) is 0 Å². The maximum Gasteiger partial charge on any atom is 0.330 e. The van der Waals surface area contributed by atoms with E-state index in [1.165, 1.54) is 43.9 Å². The van der Waals surface area contributed by atoms with Crippen molar-refractivity contribution < 1.29 is 27.2 Å². The Morgan fingerprint density at radius 3 is 2.45 bits per heavy atom. The second-order valence-corrected chi connectivity index (χ2v) is 12.3. The molecular weight excluding hydrogens is 565 g/mol. The fourth-order valence-electron chi connectivity index (χ4n) is 4.23. The summed E-state index contributed by atoms with van der Waals surface area (Å²) in [6.07, 6.45) is 2.90. The zero-order valence-electron chi connectivity index (χ0n) is 23.5. The number of methoxy groups -OCH3 is 1. The predicted octanol–water partition coefficient (Wildman–Crippen LogP) is 3.66. The molecule has 0 bridgehead atoms. The molecule has 5 rings (SSSR count). The van der Waals surface area contributed by atoms with Crippen LogP contribution in [0.4, 0.5) is 15.9 Å².